The van der Waals surface area contributed by atoms with Gasteiger partial charge in [-0.15, -0.1) is 0 Å². The average molecular weight is 533 g/mol. The van der Waals surface area contributed by atoms with Crippen molar-refractivity contribution in [2.24, 2.45) is 0 Å². The van der Waals surface area contributed by atoms with E-state index in [1.54, 1.807) is 24.3 Å². The molecule has 0 bridgehead atoms. The SMILES string of the molecule is CO[C@@H]1[C@H](OC(=O)NCCNC(=O)CCc2ccc(O)cc2)CC[C@]2(CO2)[C@@]1(O)[C@@]1(C)O[C@@H]1CC=C(C)C. The second kappa shape index (κ2) is 11.2. The molecule has 3 aliphatic rings. The number of amides is 2. The average Bonchev–Trinajstić information content (AvgIpc) is 3.80. The second-order valence-corrected chi connectivity index (χ2v) is 10.9. The Kier molecular flexibility index (Phi) is 8.37. The maximum Gasteiger partial charge on any atom is 0.407 e. The Balaban J connectivity index is 1.26. The molecule has 4 rings (SSSR count). The van der Waals surface area contributed by atoms with Crippen molar-refractivity contribution >= 4 is 12.0 Å². The van der Waals surface area contributed by atoms with Gasteiger partial charge in [0.2, 0.25) is 5.91 Å². The molecule has 2 saturated heterocycles. The monoisotopic (exact) mass is 532 g/mol. The number of hydrogen-bond donors (Lipinski definition) is 4. The summed E-state index contributed by atoms with van der Waals surface area (Å²) < 4.78 is 23.3. The van der Waals surface area contributed by atoms with E-state index in [4.69, 9.17) is 18.9 Å². The van der Waals surface area contributed by atoms with E-state index in [0.717, 1.165) is 5.56 Å². The van der Waals surface area contributed by atoms with Crippen LogP contribution in [0.4, 0.5) is 4.79 Å². The molecule has 2 aliphatic heterocycles. The Morgan fingerprint density at radius 2 is 1.87 bits per heavy atom. The highest BCUT2D eigenvalue weighted by molar-refractivity contribution is 5.76. The molecule has 0 radical (unpaired) electrons. The van der Waals surface area contributed by atoms with Gasteiger partial charge in [-0.2, -0.15) is 0 Å². The number of aromatic hydroxyl groups is 1. The number of aryl methyl sites for hydroxylation is 1. The number of epoxide rings is 2. The highest BCUT2D eigenvalue weighted by atomic mass is 16.7. The number of nitrogens with one attached hydrogen (secondary N) is 2. The zero-order chi connectivity index (χ0) is 27.6. The van der Waals surface area contributed by atoms with Crippen molar-refractivity contribution in [3.63, 3.8) is 0 Å². The molecule has 6 atom stereocenters. The van der Waals surface area contributed by atoms with Crippen LogP contribution in [0, 0.1) is 0 Å². The van der Waals surface area contributed by atoms with Crippen LogP contribution in [0.2, 0.25) is 0 Å². The van der Waals surface area contributed by atoms with E-state index in [-0.39, 0.29) is 30.9 Å². The smallest absolute Gasteiger partial charge is 0.407 e. The highest BCUT2D eigenvalue weighted by Crippen LogP contribution is 2.62. The third kappa shape index (κ3) is 5.68. The van der Waals surface area contributed by atoms with Gasteiger partial charge in [-0.25, -0.2) is 4.79 Å². The molecule has 4 N–H and O–H groups in total. The number of rotatable bonds is 11. The predicted octanol–water partition coefficient (Wildman–Crippen LogP) is 2.36. The number of carbonyl (C=O) groups is 2. The molecular weight excluding hydrogens is 492 g/mol. The van der Waals surface area contributed by atoms with Gasteiger partial charge in [0.25, 0.3) is 0 Å². The maximum atomic E-state index is 12.6. The molecule has 210 valence electrons. The topological polar surface area (TPSA) is 142 Å². The summed E-state index contributed by atoms with van der Waals surface area (Å²) in [7, 11) is 1.50. The van der Waals surface area contributed by atoms with Crippen LogP contribution in [0.25, 0.3) is 0 Å². The molecule has 1 saturated carbocycles. The van der Waals surface area contributed by atoms with Crippen LogP contribution in [0.3, 0.4) is 0 Å². The summed E-state index contributed by atoms with van der Waals surface area (Å²) in [5.41, 5.74) is -1.02. The van der Waals surface area contributed by atoms with Crippen molar-refractivity contribution < 1.29 is 38.7 Å². The van der Waals surface area contributed by atoms with Gasteiger partial charge < -0.3 is 39.8 Å². The highest BCUT2D eigenvalue weighted by Gasteiger charge is 2.81. The molecule has 1 aliphatic carbocycles. The Labute approximate surface area is 223 Å². The van der Waals surface area contributed by atoms with Crippen molar-refractivity contribution in [3.05, 3.63) is 41.5 Å². The zero-order valence-corrected chi connectivity index (χ0v) is 22.6. The molecule has 0 unspecified atom stereocenters. The minimum atomic E-state index is -1.48. The van der Waals surface area contributed by atoms with E-state index in [1.807, 2.05) is 20.8 Å². The standard InChI is InChI=1S/C28H40N2O8/c1-18(2)5-11-22-26(3,38-22)28(34)24(35-4)21(13-14-27(28)17-36-27)37-25(33)30-16-15-29-23(32)12-8-19-6-9-20(31)10-7-19/h5-7,9-10,21-22,24,31,34H,8,11-17H2,1-4H3,(H,29,32)(H,30,33)/t21-,22-,24-,26+,27+,28+/m1/s1. The van der Waals surface area contributed by atoms with Crippen LogP contribution in [0.1, 0.15) is 52.0 Å². The van der Waals surface area contributed by atoms with Crippen LogP contribution in [0.5, 0.6) is 5.75 Å². The number of carbonyl (C=O) groups excluding carboxylic acids is 2. The number of benzene rings is 1. The first-order valence-electron chi connectivity index (χ1n) is 13.2. The third-order valence-corrected chi connectivity index (χ3v) is 8.02. The van der Waals surface area contributed by atoms with Crippen LogP contribution in [-0.4, -0.2) is 84.1 Å². The largest absolute Gasteiger partial charge is 0.508 e. The molecule has 38 heavy (non-hydrogen) atoms. The van der Waals surface area contributed by atoms with E-state index < -0.39 is 35.1 Å². The maximum absolute atomic E-state index is 12.6. The number of allylic oxidation sites excluding steroid dienone is 1. The number of methoxy groups -OCH3 is 1. The zero-order valence-electron chi connectivity index (χ0n) is 22.6. The van der Waals surface area contributed by atoms with Gasteiger partial charge in [0, 0.05) is 26.6 Å². The van der Waals surface area contributed by atoms with E-state index >= 15 is 0 Å². The van der Waals surface area contributed by atoms with Gasteiger partial charge >= 0.3 is 6.09 Å². The van der Waals surface area contributed by atoms with E-state index in [2.05, 4.69) is 16.7 Å². The number of phenolic OH excluding ortho intramolecular Hbond substituents is 1. The molecule has 1 spiro atoms. The van der Waals surface area contributed by atoms with Gasteiger partial charge in [-0.1, -0.05) is 23.8 Å². The fraction of sp³-hybridized carbons (Fsp3) is 0.643. The minimum Gasteiger partial charge on any atom is -0.508 e. The number of aliphatic hydroxyl groups is 1. The number of hydrogen-bond acceptors (Lipinski definition) is 8. The van der Waals surface area contributed by atoms with Gasteiger partial charge in [-0.05, 0) is 64.2 Å². The van der Waals surface area contributed by atoms with Crippen molar-refractivity contribution in [1.29, 1.82) is 0 Å². The number of phenols is 1. The quantitative estimate of drug-likeness (QED) is 0.193. The molecule has 10 heteroatoms. The lowest BCUT2D eigenvalue weighted by Crippen LogP contribution is -2.70. The molecule has 2 heterocycles. The molecule has 2 amide bonds. The van der Waals surface area contributed by atoms with Crippen molar-refractivity contribution in [3.8, 4) is 5.75 Å². The van der Waals surface area contributed by atoms with Crippen LogP contribution in [-0.2, 0) is 30.2 Å². The molecule has 10 nitrogen and oxygen atoms in total. The molecular formula is C28H40N2O8. The fourth-order valence-corrected chi connectivity index (χ4v) is 5.64. The Bertz CT molecular complexity index is 1040. The van der Waals surface area contributed by atoms with Crippen molar-refractivity contribution in [2.75, 3.05) is 26.8 Å². The Morgan fingerprint density at radius 1 is 1.18 bits per heavy atom. The summed E-state index contributed by atoms with van der Waals surface area (Å²) in [6, 6.07) is 6.72. The van der Waals surface area contributed by atoms with Gasteiger partial charge in [-0.3, -0.25) is 4.79 Å². The lowest BCUT2D eigenvalue weighted by molar-refractivity contribution is -0.223. The van der Waals surface area contributed by atoms with Gasteiger partial charge in [0.1, 0.15) is 29.2 Å². The molecule has 1 aromatic rings. The summed E-state index contributed by atoms with van der Waals surface area (Å²) in [6.07, 6.45) is 2.25. The first-order chi connectivity index (χ1) is 18.0. The van der Waals surface area contributed by atoms with Gasteiger partial charge in [0.15, 0.2) is 5.60 Å². The summed E-state index contributed by atoms with van der Waals surface area (Å²) >= 11 is 0. The molecule has 0 aromatic heterocycles. The van der Waals surface area contributed by atoms with Crippen molar-refractivity contribution in [1.82, 2.24) is 10.6 Å². The van der Waals surface area contributed by atoms with Crippen LogP contribution in [0.15, 0.2) is 35.9 Å². The Hall–Kier alpha value is -2.66. The summed E-state index contributed by atoms with van der Waals surface area (Å²) in [5, 5.41) is 26.9. The van der Waals surface area contributed by atoms with Crippen molar-refractivity contribution in [2.45, 2.75) is 88.0 Å². The number of alkyl carbamates (subject to hydrolysis) is 1. The predicted molar refractivity (Wildman–Crippen MR) is 139 cm³/mol. The number of ether oxygens (including phenoxy) is 4. The van der Waals surface area contributed by atoms with Crippen LogP contribution < -0.4 is 10.6 Å². The van der Waals surface area contributed by atoms with Crippen LogP contribution >= 0.6 is 0 Å². The third-order valence-electron chi connectivity index (χ3n) is 8.02. The molecule has 1 aromatic carbocycles. The summed E-state index contributed by atoms with van der Waals surface area (Å²) in [5.74, 6) is 0.0464. The first kappa shape index (κ1) is 28.4. The fourth-order valence-electron chi connectivity index (χ4n) is 5.64. The van der Waals surface area contributed by atoms with E-state index in [9.17, 15) is 19.8 Å². The first-order valence-corrected chi connectivity index (χ1v) is 13.2. The van der Waals surface area contributed by atoms with E-state index in [1.165, 1.54) is 12.7 Å². The molecule has 3 fully saturated rings. The lowest BCUT2D eigenvalue weighted by atomic mass is 9.64. The normalized spacial score (nSPS) is 33.3. The second-order valence-electron chi connectivity index (χ2n) is 10.9. The lowest BCUT2D eigenvalue weighted by Gasteiger charge is -2.49. The summed E-state index contributed by atoms with van der Waals surface area (Å²) in [6.45, 7) is 6.76. The van der Waals surface area contributed by atoms with Gasteiger partial charge in [0.05, 0.1) is 12.7 Å². The minimum absolute atomic E-state index is 0.139. The van der Waals surface area contributed by atoms with E-state index in [0.29, 0.717) is 38.7 Å². The Morgan fingerprint density at radius 3 is 2.50 bits per heavy atom. The summed E-state index contributed by atoms with van der Waals surface area (Å²) in [4.78, 5) is 24.7.